The molecule has 1 fully saturated rings. The third kappa shape index (κ3) is 3.02. The number of halogens is 2. The summed E-state index contributed by atoms with van der Waals surface area (Å²) in [6.07, 6.45) is 6.34. The minimum Gasteiger partial charge on any atom is -0.222 e. The molecule has 1 atom stereocenters. The predicted molar refractivity (Wildman–Crippen MR) is 70.4 cm³/mol. The summed E-state index contributed by atoms with van der Waals surface area (Å²) in [5.41, 5.74) is 0.847. The summed E-state index contributed by atoms with van der Waals surface area (Å²) < 4.78 is 0. The summed E-state index contributed by atoms with van der Waals surface area (Å²) in [7, 11) is 0. The number of hydrogen-bond acceptors (Lipinski definition) is 3. The molecule has 88 valence electrons. The molecule has 0 amide bonds. The molecule has 0 aromatic carbocycles. The average Bonchev–Trinajstić information content (AvgIpc) is 2.28. The van der Waals surface area contributed by atoms with Crippen molar-refractivity contribution in [2.75, 3.05) is 0 Å². The van der Waals surface area contributed by atoms with Crippen LogP contribution < -0.4 is 0 Å². The Balaban J connectivity index is 2.15. The molecular weight excluding hydrogens is 263 g/mol. The Morgan fingerprint density at radius 1 is 1.19 bits per heavy atom. The van der Waals surface area contributed by atoms with Gasteiger partial charge in [0.05, 0.1) is 5.69 Å². The van der Waals surface area contributed by atoms with Gasteiger partial charge in [-0.3, -0.25) is 0 Å². The first-order chi connectivity index (χ1) is 7.66. The van der Waals surface area contributed by atoms with Gasteiger partial charge in [0.1, 0.15) is 5.15 Å². The highest BCUT2D eigenvalue weighted by Gasteiger charge is 2.23. The lowest BCUT2D eigenvalue weighted by molar-refractivity contribution is 0.350. The molecule has 0 N–H and O–H groups in total. The van der Waals surface area contributed by atoms with Crippen LogP contribution in [-0.4, -0.2) is 9.97 Å². The zero-order valence-electron chi connectivity index (χ0n) is 8.87. The van der Waals surface area contributed by atoms with E-state index in [0.717, 1.165) is 5.69 Å². The van der Waals surface area contributed by atoms with E-state index >= 15 is 0 Å². The van der Waals surface area contributed by atoms with Gasteiger partial charge in [-0.2, -0.15) is 12.6 Å². The molecule has 1 aromatic rings. The van der Waals surface area contributed by atoms with Crippen molar-refractivity contribution in [3.8, 4) is 0 Å². The third-order valence-corrected chi connectivity index (χ3v) is 4.14. The van der Waals surface area contributed by atoms with Crippen molar-refractivity contribution >= 4 is 35.8 Å². The first-order valence-corrected chi connectivity index (χ1v) is 6.82. The minimum absolute atomic E-state index is 0.123. The van der Waals surface area contributed by atoms with Crippen molar-refractivity contribution in [1.29, 1.82) is 0 Å². The number of rotatable bonds is 2. The van der Waals surface area contributed by atoms with Crippen LogP contribution in [0, 0.1) is 5.92 Å². The fourth-order valence-corrected chi connectivity index (χ4v) is 3.10. The second-order valence-electron chi connectivity index (χ2n) is 4.23. The van der Waals surface area contributed by atoms with Crippen molar-refractivity contribution in [2.24, 2.45) is 5.92 Å². The van der Waals surface area contributed by atoms with Crippen molar-refractivity contribution < 1.29 is 0 Å². The molecule has 2 rings (SSSR count). The maximum Gasteiger partial charge on any atom is 0.224 e. The van der Waals surface area contributed by atoms with E-state index in [1.807, 2.05) is 0 Å². The van der Waals surface area contributed by atoms with E-state index in [0.29, 0.717) is 11.1 Å². The van der Waals surface area contributed by atoms with Crippen molar-refractivity contribution in [1.82, 2.24) is 9.97 Å². The SMILES string of the molecule is SC(c1cc(Cl)nc(Cl)n1)C1CCCCC1. The van der Waals surface area contributed by atoms with Gasteiger partial charge in [0.2, 0.25) is 5.28 Å². The molecular formula is C11H14Cl2N2S. The first-order valence-electron chi connectivity index (χ1n) is 5.55. The topological polar surface area (TPSA) is 25.8 Å². The molecule has 16 heavy (non-hydrogen) atoms. The van der Waals surface area contributed by atoms with Gasteiger partial charge in [-0.15, -0.1) is 0 Å². The standard InChI is InChI=1S/C11H14Cl2N2S/c12-9-6-8(14-11(13)15-9)10(16)7-4-2-1-3-5-7/h6-7,10,16H,1-5H2. The van der Waals surface area contributed by atoms with Crippen LogP contribution in [0.4, 0.5) is 0 Å². The number of thiol groups is 1. The quantitative estimate of drug-likeness (QED) is 0.494. The maximum absolute atomic E-state index is 5.86. The lowest BCUT2D eigenvalue weighted by Crippen LogP contribution is -2.13. The van der Waals surface area contributed by atoms with Crippen LogP contribution in [-0.2, 0) is 0 Å². The Morgan fingerprint density at radius 3 is 2.50 bits per heavy atom. The Morgan fingerprint density at radius 2 is 1.88 bits per heavy atom. The van der Waals surface area contributed by atoms with Gasteiger partial charge in [-0.25, -0.2) is 9.97 Å². The average molecular weight is 277 g/mol. The monoisotopic (exact) mass is 276 g/mol. The predicted octanol–water partition coefficient (Wildman–Crippen LogP) is 4.33. The molecule has 1 aromatic heterocycles. The summed E-state index contributed by atoms with van der Waals surface area (Å²) in [5.74, 6) is 0.583. The van der Waals surface area contributed by atoms with Crippen LogP contribution in [0.25, 0.3) is 0 Å². The van der Waals surface area contributed by atoms with Gasteiger partial charge >= 0.3 is 0 Å². The van der Waals surface area contributed by atoms with Crippen LogP contribution in [0.3, 0.4) is 0 Å². The van der Waals surface area contributed by atoms with E-state index in [1.165, 1.54) is 32.1 Å². The summed E-state index contributed by atoms with van der Waals surface area (Å²) in [5, 5.41) is 0.723. The smallest absolute Gasteiger partial charge is 0.222 e. The van der Waals surface area contributed by atoms with E-state index in [2.05, 4.69) is 22.6 Å². The molecule has 0 radical (unpaired) electrons. The van der Waals surface area contributed by atoms with Crippen LogP contribution in [0.1, 0.15) is 43.0 Å². The number of aromatic nitrogens is 2. The molecule has 0 spiro atoms. The van der Waals surface area contributed by atoms with Crippen LogP contribution in [0.2, 0.25) is 10.4 Å². The van der Waals surface area contributed by atoms with Gasteiger partial charge < -0.3 is 0 Å². The Hall–Kier alpha value is 0.01000. The van der Waals surface area contributed by atoms with Gasteiger partial charge in [0.25, 0.3) is 0 Å². The summed E-state index contributed by atoms with van der Waals surface area (Å²) in [6.45, 7) is 0. The van der Waals surface area contributed by atoms with Gasteiger partial charge in [-0.1, -0.05) is 30.9 Å². The van der Waals surface area contributed by atoms with E-state index < -0.39 is 0 Å². The Labute approximate surface area is 111 Å². The Bertz CT molecular complexity index is 347. The zero-order chi connectivity index (χ0) is 11.5. The molecule has 1 unspecified atom stereocenters. The van der Waals surface area contributed by atoms with E-state index in [-0.39, 0.29) is 10.5 Å². The third-order valence-electron chi connectivity index (χ3n) is 3.09. The summed E-state index contributed by atoms with van der Waals surface area (Å²) >= 11 is 16.3. The molecule has 1 heterocycles. The second kappa shape index (κ2) is 5.56. The van der Waals surface area contributed by atoms with Crippen molar-refractivity contribution in [2.45, 2.75) is 37.4 Å². The highest BCUT2D eigenvalue weighted by Crippen LogP contribution is 2.38. The molecule has 1 saturated carbocycles. The number of nitrogens with zero attached hydrogens (tertiary/aromatic N) is 2. The van der Waals surface area contributed by atoms with Crippen LogP contribution in [0.5, 0.6) is 0 Å². The Kier molecular flexibility index (Phi) is 4.34. The molecule has 2 nitrogen and oxygen atoms in total. The van der Waals surface area contributed by atoms with Crippen LogP contribution >= 0.6 is 35.8 Å². The fraction of sp³-hybridized carbons (Fsp3) is 0.636. The second-order valence-corrected chi connectivity index (χ2v) is 5.51. The highest BCUT2D eigenvalue weighted by molar-refractivity contribution is 7.80. The molecule has 5 heteroatoms. The van der Waals surface area contributed by atoms with E-state index in [1.54, 1.807) is 6.07 Å². The lowest BCUT2D eigenvalue weighted by Gasteiger charge is -2.26. The first kappa shape index (κ1) is 12.5. The van der Waals surface area contributed by atoms with Gasteiger partial charge in [-0.05, 0) is 36.4 Å². The molecule has 0 bridgehead atoms. The van der Waals surface area contributed by atoms with E-state index in [4.69, 9.17) is 23.2 Å². The van der Waals surface area contributed by atoms with Crippen molar-refractivity contribution in [3.63, 3.8) is 0 Å². The largest absolute Gasteiger partial charge is 0.224 e. The minimum atomic E-state index is 0.123. The molecule has 1 aliphatic carbocycles. The molecule has 1 aliphatic rings. The van der Waals surface area contributed by atoms with Crippen molar-refractivity contribution in [3.05, 3.63) is 22.2 Å². The maximum atomic E-state index is 5.86. The normalized spacial score (nSPS) is 19.7. The zero-order valence-corrected chi connectivity index (χ0v) is 11.3. The summed E-state index contributed by atoms with van der Waals surface area (Å²) in [4.78, 5) is 8.05. The van der Waals surface area contributed by atoms with Gasteiger partial charge in [0, 0.05) is 5.25 Å². The summed E-state index contributed by atoms with van der Waals surface area (Å²) in [6, 6.07) is 1.76. The van der Waals surface area contributed by atoms with E-state index in [9.17, 15) is 0 Å². The molecule has 0 aliphatic heterocycles. The lowest BCUT2D eigenvalue weighted by atomic mass is 9.85. The van der Waals surface area contributed by atoms with Gasteiger partial charge in [0.15, 0.2) is 0 Å². The number of hydrogen-bond donors (Lipinski definition) is 1. The molecule has 0 saturated heterocycles. The fourth-order valence-electron chi connectivity index (χ4n) is 2.25. The highest BCUT2D eigenvalue weighted by atomic mass is 35.5. The van der Waals surface area contributed by atoms with Crippen LogP contribution in [0.15, 0.2) is 6.07 Å².